The van der Waals surface area contributed by atoms with Crippen molar-refractivity contribution in [2.45, 2.75) is 18.9 Å². The van der Waals surface area contributed by atoms with Crippen LogP contribution in [0, 0.1) is 6.92 Å². The van der Waals surface area contributed by atoms with Crippen LogP contribution >= 0.6 is 15.9 Å². The van der Waals surface area contributed by atoms with Gasteiger partial charge in [0, 0.05) is 17.2 Å². The highest BCUT2D eigenvalue weighted by Crippen LogP contribution is 2.25. The summed E-state index contributed by atoms with van der Waals surface area (Å²) in [7, 11) is -3.74. The van der Waals surface area contributed by atoms with Crippen molar-refractivity contribution in [2.24, 2.45) is 0 Å². The van der Waals surface area contributed by atoms with E-state index < -0.39 is 10.0 Å². The Bertz CT molecular complexity index is 748. The first-order valence-corrected chi connectivity index (χ1v) is 8.69. The van der Waals surface area contributed by atoms with Gasteiger partial charge in [-0.15, -0.1) is 0 Å². The smallest absolute Gasteiger partial charge is 0.281 e. The Kier molecular flexibility index (Phi) is 4.84. The maximum atomic E-state index is 12.5. The van der Waals surface area contributed by atoms with Crippen molar-refractivity contribution in [3.05, 3.63) is 46.6 Å². The molecule has 1 aromatic carbocycles. The number of rotatable bonds is 5. The number of pyridine rings is 1. The Labute approximate surface area is 133 Å². The zero-order valence-corrected chi connectivity index (χ0v) is 14.1. The third kappa shape index (κ3) is 3.74. The molecule has 2 rings (SSSR count). The van der Waals surface area contributed by atoms with Crippen molar-refractivity contribution in [1.29, 1.82) is 0 Å². The molecule has 0 bridgehead atoms. The summed E-state index contributed by atoms with van der Waals surface area (Å²) >= 11 is 3.35. The highest BCUT2D eigenvalue weighted by atomic mass is 79.9. The number of anilines is 2. The summed E-state index contributed by atoms with van der Waals surface area (Å²) in [6, 6.07) is 8.74. The quantitative estimate of drug-likeness (QED) is 0.847. The average Bonchev–Trinajstić information content (AvgIpc) is 2.43. The number of halogens is 1. The molecule has 0 atom stereocenters. The van der Waals surface area contributed by atoms with E-state index in [1.165, 1.54) is 6.20 Å². The summed E-state index contributed by atoms with van der Waals surface area (Å²) < 4.78 is 28.5. The molecule has 112 valence electrons. The number of hydrogen-bond acceptors (Lipinski definition) is 4. The zero-order chi connectivity index (χ0) is 15.5. The second-order valence-corrected chi connectivity index (χ2v) is 6.96. The van der Waals surface area contributed by atoms with Gasteiger partial charge in [-0.1, -0.05) is 15.9 Å². The number of nitrogens with one attached hydrogen (secondary N) is 2. The van der Waals surface area contributed by atoms with E-state index in [1.807, 2.05) is 19.9 Å². The molecule has 5 nitrogen and oxygen atoms in total. The van der Waals surface area contributed by atoms with Gasteiger partial charge in [0.05, 0.1) is 11.4 Å². The molecule has 0 radical (unpaired) electrons. The van der Waals surface area contributed by atoms with E-state index >= 15 is 0 Å². The lowest BCUT2D eigenvalue weighted by atomic mass is 10.2. The van der Waals surface area contributed by atoms with E-state index in [1.54, 1.807) is 24.3 Å². The minimum absolute atomic E-state index is 0.00540. The minimum Gasteiger partial charge on any atom is -0.383 e. The summed E-state index contributed by atoms with van der Waals surface area (Å²) in [6.45, 7) is 4.35. The fourth-order valence-corrected chi connectivity index (χ4v) is 3.58. The number of benzene rings is 1. The van der Waals surface area contributed by atoms with E-state index in [0.717, 1.165) is 10.0 Å². The molecule has 0 aliphatic heterocycles. The Morgan fingerprint density at radius 2 is 2.00 bits per heavy atom. The van der Waals surface area contributed by atoms with Gasteiger partial charge in [0.25, 0.3) is 10.0 Å². The molecule has 0 saturated heterocycles. The molecule has 0 amide bonds. The molecule has 0 aliphatic carbocycles. The summed E-state index contributed by atoms with van der Waals surface area (Å²) in [6.07, 6.45) is 1.46. The van der Waals surface area contributed by atoms with E-state index in [4.69, 9.17) is 0 Å². The van der Waals surface area contributed by atoms with Gasteiger partial charge in [0.1, 0.15) is 0 Å². The van der Waals surface area contributed by atoms with Gasteiger partial charge in [-0.05, 0) is 49.7 Å². The molecule has 0 saturated carbocycles. The van der Waals surface area contributed by atoms with Crippen LogP contribution in [0.2, 0.25) is 0 Å². The van der Waals surface area contributed by atoms with Crippen LogP contribution in [0.4, 0.5) is 11.4 Å². The second kappa shape index (κ2) is 6.44. The van der Waals surface area contributed by atoms with Crippen LogP contribution in [0.3, 0.4) is 0 Å². The molecule has 2 aromatic rings. The summed E-state index contributed by atoms with van der Waals surface area (Å²) in [5, 5.41) is 3.00. The normalized spacial score (nSPS) is 11.2. The highest BCUT2D eigenvalue weighted by Gasteiger charge is 2.20. The summed E-state index contributed by atoms with van der Waals surface area (Å²) in [4.78, 5) is 3.99. The third-order valence-electron chi connectivity index (χ3n) is 2.83. The first-order valence-electron chi connectivity index (χ1n) is 6.42. The molecule has 1 aromatic heterocycles. The molecule has 0 fully saturated rings. The average molecular weight is 370 g/mol. The second-order valence-electron chi connectivity index (χ2n) is 4.45. The van der Waals surface area contributed by atoms with Gasteiger partial charge >= 0.3 is 0 Å². The molecule has 0 aliphatic rings. The van der Waals surface area contributed by atoms with E-state index in [-0.39, 0.29) is 5.03 Å². The number of aromatic nitrogens is 1. The van der Waals surface area contributed by atoms with Crippen LogP contribution < -0.4 is 10.0 Å². The van der Waals surface area contributed by atoms with Crippen LogP contribution in [-0.4, -0.2) is 19.9 Å². The standard InChI is InChI=1S/C14H16BrN3O2S/c1-3-16-13-5-4-8-17-14(13)21(19,20)18-12-7-6-11(15)9-10(12)2/h4-9,16,18H,3H2,1-2H3. The van der Waals surface area contributed by atoms with Crippen LogP contribution in [0.5, 0.6) is 0 Å². The maximum Gasteiger partial charge on any atom is 0.281 e. The SMILES string of the molecule is CCNc1cccnc1S(=O)(=O)Nc1ccc(Br)cc1C. The van der Waals surface area contributed by atoms with Gasteiger partial charge in [0.2, 0.25) is 0 Å². The number of nitrogens with zero attached hydrogens (tertiary/aromatic N) is 1. The molecular formula is C14H16BrN3O2S. The lowest BCUT2D eigenvalue weighted by Gasteiger charge is -2.13. The molecule has 0 unspecified atom stereocenters. The predicted octanol–water partition coefficient (Wildman–Crippen LogP) is 3.39. The Morgan fingerprint density at radius 3 is 2.67 bits per heavy atom. The lowest BCUT2D eigenvalue weighted by Crippen LogP contribution is -2.17. The van der Waals surface area contributed by atoms with Crippen molar-refractivity contribution in [1.82, 2.24) is 4.98 Å². The lowest BCUT2D eigenvalue weighted by molar-refractivity contribution is 0.598. The third-order valence-corrected chi connectivity index (χ3v) is 4.64. The topological polar surface area (TPSA) is 71.1 Å². The largest absolute Gasteiger partial charge is 0.383 e. The monoisotopic (exact) mass is 369 g/mol. The Hall–Kier alpha value is -1.60. The van der Waals surface area contributed by atoms with Gasteiger partial charge in [-0.3, -0.25) is 4.72 Å². The van der Waals surface area contributed by atoms with Crippen molar-refractivity contribution in [3.63, 3.8) is 0 Å². The maximum absolute atomic E-state index is 12.5. The van der Waals surface area contributed by atoms with Crippen molar-refractivity contribution in [2.75, 3.05) is 16.6 Å². The van der Waals surface area contributed by atoms with Crippen molar-refractivity contribution < 1.29 is 8.42 Å². The van der Waals surface area contributed by atoms with Crippen LogP contribution in [0.25, 0.3) is 0 Å². The van der Waals surface area contributed by atoms with Gasteiger partial charge < -0.3 is 5.32 Å². The van der Waals surface area contributed by atoms with Gasteiger partial charge in [-0.2, -0.15) is 8.42 Å². The van der Waals surface area contributed by atoms with Crippen LogP contribution in [0.15, 0.2) is 46.0 Å². The number of hydrogen-bond donors (Lipinski definition) is 2. The molecule has 1 heterocycles. The van der Waals surface area contributed by atoms with Gasteiger partial charge in [-0.25, -0.2) is 4.98 Å². The molecule has 21 heavy (non-hydrogen) atoms. The van der Waals surface area contributed by atoms with E-state index in [0.29, 0.717) is 17.9 Å². The molecule has 7 heteroatoms. The minimum atomic E-state index is -3.74. The molecule has 0 spiro atoms. The van der Waals surface area contributed by atoms with Crippen LogP contribution in [-0.2, 0) is 10.0 Å². The van der Waals surface area contributed by atoms with E-state index in [2.05, 4.69) is 31.0 Å². The Balaban J connectivity index is 2.39. The fourth-order valence-electron chi connectivity index (χ4n) is 1.86. The molecule has 2 N–H and O–H groups in total. The van der Waals surface area contributed by atoms with Gasteiger partial charge in [0.15, 0.2) is 5.03 Å². The summed E-state index contributed by atoms with van der Waals surface area (Å²) in [5.74, 6) is 0. The van der Waals surface area contributed by atoms with E-state index in [9.17, 15) is 8.42 Å². The first-order chi connectivity index (χ1) is 9.94. The predicted molar refractivity (Wildman–Crippen MR) is 88.1 cm³/mol. The Morgan fingerprint density at radius 1 is 1.24 bits per heavy atom. The fraction of sp³-hybridized carbons (Fsp3) is 0.214. The molecular weight excluding hydrogens is 354 g/mol. The highest BCUT2D eigenvalue weighted by molar-refractivity contribution is 9.10. The zero-order valence-electron chi connectivity index (χ0n) is 11.7. The number of aryl methyl sites for hydroxylation is 1. The van der Waals surface area contributed by atoms with Crippen molar-refractivity contribution >= 4 is 37.3 Å². The first kappa shape index (κ1) is 15.8. The summed E-state index contributed by atoms with van der Waals surface area (Å²) in [5.41, 5.74) is 1.85. The number of sulfonamides is 1. The van der Waals surface area contributed by atoms with Crippen molar-refractivity contribution in [3.8, 4) is 0 Å². The van der Waals surface area contributed by atoms with Crippen LogP contribution in [0.1, 0.15) is 12.5 Å².